The molecule has 0 saturated heterocycles. The molecule has 18 heavy (non-hydrogen) atoms. The highest BCUT2D eigenvalue weighted by atomic mass is 35.5. The summed E-state index contributed by atoms with van der Waals surface area (Å²) in [6.45, 7) is 6.36. The first kappa shape index (κ1) is 13.0. The smallest absolute Gasteiger partial charge is 0.216 e. The molecule has 2 rings (SSSR count). The fraction of sp³-hybridized carbons (Fsp3) is 0.357. The third-order valence-electron chi connectivity index (χ3n) is 3.15. The van der Waals surface area contributed by atoms with Crippen molar-refractivity contribution in [3.8, 4) is 0 Å². The average molecular weight is 265 g/mol. The van der Waals surface area contributed by atoms with Crippen LogP contribution in [-0.2, 0) is 10.2 Å². The van der Waals surface area contributed by atoms with Crippen molar-refractivity contribution in [2.45, 2.75) is 26.2 Å². The van der Waals surface area contributed by atoms with Crippen LogP contribution in [0.15, 0.2) is 24.4 Å². The van der Waals surface area contributed by atoms with Crippen molar-refractivity contribution >= 4 is 28.4 Å². The Morgan fingerprint density at radius 1 is 1.44 bits per heavy atom. The second-order valence-electron chi connectivity index (χ2n) is 5.19. The number of hydrogen-bond acceptors (Lipinski definition) is 1. The predicted octanol–water partition coefficient (Wildman–Crippen LogP) is 3.24. The minimum atomic E-state index is -0.127. The van der Waals surface area contributed by atoms with Gasteiger partial charge in [0.2, 0.25) is 5.91 Å². The lowest BCUT2D eigenvalue weighted by molar-refractivity contribution is -0.119. The largest absolute Gasteiger partial charge is 0.361 e. The molecule has 0 unspecified atom stereocenters. The van der Waals surface area contributed by atoms with E-state index in [0.717, 1.165) is 15.9 Å². The van der Waals surface area contributed by atoms with Gasteiger partial charge in [-0.05, 0) is 17.7 Å². The molecule has 2 aromatic rings. The van der Waals surface area contributed by atoms with Gasteiger partial charge in [0.25, 0.3) is 0 Å². The Morgan fingerprint density at radius 2 is 2.17 bits per heavy atom. The molecule has 0 aliphatic carbocycles. The van der Waals surface area contributed by atoms with Crippen LogP contribution >= 0.6 is 11.6 Å². The van der Waals surface area contributed by atoms with Crippen LogP contribution in [0.25, 0.3) is 10.9 Å². The van der Waals surface area contributed by atoms with Crippen LogP contribution < -0.4 is 5.32 Å². The van der Waals surface area contributed by atoms with Gasteiger partial charge in [0.15, 0.2) is 0 Å². The number of halogens is 1. The van der Waals surface area contributed by atoms with Crippen molar-refractivity contribution in [3.05, 3.63) is 35.0 Å². The van der Waals surface area contributed by atoms with E-state index >= 15 is 0 Å². The quantitative estimate of drug-likeness (QED) is 0.878. The Kier molecular flexibility index (Phi) is 3.35. The Morgan fingerprint density at radius 3 is 2.83 bits per heavy atom. The van der Waals surface area contributed by atoms with E-state index < -0.39 is 0 Å². The molecule has 0 aliphatic rings. The number of nitrogens with one attached hydrogen (secondary N) is 2. The fourth-order valence-electron chi connectivity index (χ4n) is 2.10. The zero-order chi connectivity index (χ0) is 13.3. The van der Waals surface area contributed by atoms with E-state index in [2.05, 4.69) is 24.1 Å². The van der Waals surface area contributed by atoms with Crippen molar-refractivity contribution in [2.75, 3.05) is 6.54 Å². The van der Waals surface area contributed by atoms with E-state index in [1.807, 2.05) is 24.4 Å². The van der Waals surface area contributed by atoms with E-state index in [4.69, 9.17) is 11.6 Å². The highest BCUT2D eigenvalue weighted by Gasteiger charge is 2.24. The summed E-state index contributed by atoms with van der Waals surface area (Å²) >= 11 is 5.97. The van der Waals surface area contributed by atoms with Crippen LogP contribution in [0.5, 0.6) is 0 Å². The van der Waals surface area contributed by atoms with Crippen molar-refractivity contribution < 1.29 is 4.79 Å². The number of amides is 1. The molecule has 1 amide bonds. The number of fused-ring (bicyclic) bond motifs is 1. The number of carbonyl (C=O) groups excluding carboxylic acids is 1. The van der Waals surface area contributed by atoms with Crippen LogP contribution in [0.2, 0.25) is 5.02 Å². The van der Waals surface area contributed by atoms with Gasteiger partial charge in [0, 0.05) is 41.0 Å². The molecule has 0 bridgehead atoms. The highest BCUT2D eigenvalue weighted by Crippen LogP contribution is 2.31. The molecular formula is C14H17ClN2O. The maximum absolute atomic E-state index is 11.0. The standard InChI is InChI=1S/C14H17ClN2O/c1-9(18)17-8-14(2,3)12-7-16-13-6-10(15)4-5-11(12)13/h4-7,16H,8H2,1-3H3,(H,17,18). The summed E-state index contributed by atoms with van der Waals surface area (Å²) in [5.74, 6) is -0.00837. The van der Waals surface area contributed by atoms with Gasteiger partial charge in [-0.25, -0.2) is 0 Å². The van der Waals surface area contributed by atoms with Gasteiger partial charge in [0.05, 0.1) is 0 Å². The lowest BCUT2D eigenvalue weighted by Crippen LogP contribution is -2.35. The van der Waals surface area contributed by atoms with Crippen LogP contribution in [0.3, 0.4) is 0 Å². The molecule has 0 radical (unpaired) electrons. The molecule has 0 saturated carbocycles. The summed E-state index contributed by atoms with van der Waals surface area (Å²) < 4.78 is 0. The zero-order valence-corrected chi connectivity index (χ0v) is 11.6. The van der Waals surface area contributed by atoms with Gasteiger partial charge in [-0.3, -0.25) is 4.79 Å². The highest BCUT2D eigenvalue weighted by molar-refractivity contribution is 6.31. The molecule has 1 aromatic heterocycles. The van der Waals surface area contributed by atoms with E-state index in [1.165, 1.54) is 12.5 Å². The van der Waals surface area contributed by atoms with Gasteiger partial charge >= 0.3 is 0 Å². The van der Waals surface area contributed by atoms with Crippen molar-refractivity contribution in [1.82, 2.24) is 10.3 Å². The fourth-order valence-corrected chi connectivity index (χ4v) is 2.27. The number of hydrogen-bond donors (Lipinski definition) is 2. The SMILES string of the molecule is CC(=O)NCC(C)(C)c1c[nH]c2cc(Cl)ccc12. The number of carbonyl (C=O) groups is 1. The third-order valence-corrected chi connectivity index (χ3v) is 3.39. The molecule has 1 heterocycles. The van der Waals surface area contributed by atoms with Gasteiger partial charge in [-0.2, -0.15) is 0 Å². The lowest BCUT2D eigenvalue weighted by Gasteiger charge is -2.24. The second kappa shape index (κ2) is 4.65. The summed E-state index contributed by atoms with van der Waals surface area (Å²) in [5, 5.41) is 4.74. The van der Waals surface area contributed by atoms with Crippen LogP contribution in [0, 0.1) is 0 Å². The molecule has 0 aliphatic heterocycles. The van der Waals surface area contributed by atoms with Crippen LogP contribution in [0.4, 0.5) is 0 Å². The number of rotatable bonds is 3. The topological polar surface area (TPSA) is 44.9 Å². The van der Waals surface area contributed by atoms with Gasteiger partial charge in [-0.1, -0.05) is 31.5 Å². The summed E-state index contributed by atoms with van der Waals surface area (Å²) in [6.07, 6.45) is 1.99. The normalized spacial score (nSPS) is 11.8. The van der Waals surface area contributed by atoms with Crippen molar-refractivity contribution in [2.24, 2.45) is 0 Å². The molecule has 3 nitrogen and oxygen atoms in total. The molecule has 0 fully saturated rings. The monoisotopic (exact) mass is 264 g/mol. The summed E-state index contributed by atoms with van der Waals surface area (Å²) in [6, 6.07) is 5.81. The first-order valence-corrected chi connectivity index (χ1v) is 6.29. The summed E-state index contributed by atoms with van der Waals surface area (Å²) in [5.41, 5.74) is 2.08. The average Bonchev–Trinajstić information content (AvgIpc) is 2.70. The molecule has 2 N–H and O–H groups in total. The Hall–Kier alpha value is -1.48. The lowest BCUT2D eigenvalue weighted by atomic mass is 9.84. The molecule has 1 aromatic carbocycles. The maximum Gasteiger partial charge on any atom is 0.216 e. The van der Waals surface area contributed by atoms with Gasteiger partial charge in [0.1, 0.15) is 0 Å². The minimum absolute atomic E-state index is 0.00837. The first-order valence-electron chi connectivity index (χ1n) is 5.92. The predicted molar refractivity (Wildman–Crippen MR) is 75.0 cm³/mol. The summed E-state index contributed by atoms with van der Waals surface area (Å²) in [7, 11) is 0. The van der Waals surface area contributed by atoms with E-state index in [9.17, 15) is 4.79 Å². The van der Waals surface area contributed by atoms with E-state index in [1.54, 1.807) is 0 Å². The Balaban J connectivity index is 2.38. The number of aromatic nitrogens is 1. The molecular weight excluding hydrogens is 248 g/mol. The van der Waals surface area contributed by atoms with E-state index in [-0.39, 0.29) is 11.3 Å². The number of aromatic amines is 1. The zero-order valence-electron chi connectivity index (χ0n) is 10.8. The van der Waals surface area contributed by atoms with Crippen LogP contribution in [0.1, 0.15) is 26.3 Å². The molecule has 0 atom stereocenters. The summed E-state index contributed by atoms with van der Waals surface area (Å²) in [4.78, 5) is 14.3. The second-order valence-corrected chi connectivity index (χ2v) is 5.62. The Bertz CT molecular complexity index is 586. The number of benzene rings is 1. The maximum atomic E-state index is 11.0. The van der Waals surface area contributed by atoms with Gasteiger partial charge in [-0.15, -0.1) is 0 Å². The van der Waals surface area contributed by atoms with E-state index in [0.29, 0.717) is 6.54 Å². The van der Waals surface area contributed by atoms with Gasteiger partial charge < -0.3 is 10.3 Å². The third kappa shape index (κ3) is 2.51. The number of H-pyrrole nitrogens is 1. The van der Waals surface area contributed by atoms with Crippen LogP contribution in [-0.4, -0.2) is 17.4 Å². The molecule has 4 heteroatoms. The molecule has 96 valence electrons. The molecule has 0 spiro atoms. The Labute approximate surface area is 112 Å². The van der Waals surface area contributed by atoms with Crippen molar-refractivity contribution in [1.29, 1.82) is 0 Å². The minimum Gasteiger partial charge on any atom is -0.361 e. The first-order chi connectivity index (χ1) is 8.40. The van der Waals surface area contributed by atoms with Crippen molar-refractivity contribution in [3.63, 3.8) is 0 Å².